The second-order valence-corrected chi connectivity index (χ2v) is 8.63. The molecule has 0 bridgehead atoms. The lowest BCUT2D eigenvalue weighted by Gasteiger charge is -2.27. The summed E-state index contributed by atoms with van der Waals surface area (Å²) in [5.74, 6) is -0.314. The van der Waals surface area contributed by atoms with Crippen molar-refractivity contribution in [3.63, 3.8) is 0 Å². The van der Waals surface area contributed by atoms with Crippen molar-refractivity contribution in [3.05, 3.63) is 94.2 Å². The molecule has 0 aliphatic heterocycles. The number of rotatable bonds is 10. The van der Waals surface area contributed by atoms with Gasteiger partial charge in [-0.3, -0.25) is 4.79 Å². The molecule has 2 heterocycles. The second-order valence-electron chi connectivity index (χ2n) is 8.63. The Labute approximate surface area is 229 Å². The Morgan fingerprint density at radius 2 is 1.90 bits per heavy atom. The number of anilines is 2. The number of nitrogens with zero attached hydrogens (tertiary/aromatic N) is 5. The van der Waals surface area contributed by atoms with Gasteiger partial charge in [-0.1, -0.05) is 56.3 Å². The number of nitroso groups, excluding NO2 is 1. The molecule has 0 saturated carbocycles. The second kappa shape index (κ2) is 13.7. The van der Waals surface area contributed by atoms with E-state index >= 15 is 0 Å². The van der Waals surface area contributed by atoms with Crippen molar-refractivity contribution >= 4 is 28.4 Å². The molecule has 0 radical (unpaired) electrons. The van der Waals surface area contributed by atoms with Gasteiger partial charge in [0.1, 0.15) is 11.8 Å². The number of hydrogen-bond acceptors (Lipinski definition) is 7. The third kappa shape index (κ3) is 6.60. The highest BCUT2D eigenvalue weighted by Crippen LogP contribution is 2.35. The SMILES string of the molecule is CC.CCOC(=O)CC(c1ccccc1)N(N=O)c1nc(C#N)ccc1NCc1cn(C)c2cccc(C)c12. The van der Waals surface area contributed by atoms with E-state index in [1.54, 1.807) is 19.1 Å². The summed E-state index contributed by atoms with van der Waals surface area (Å²) in [5, 5.41) is 18.4. The maximum atomic E-state index is 12.5. The molecule has 1 unspecified atom stereocenters. The molecule has 0 aliphatic carbocycles. The van der Waals surface area contributed by atoms with Gasteiger partial charge in [0.2, 0.25) is 0 Å². The molecule has 39 heavy (non-hydrogen) atoms. The first kappa shape index (κ1) is 28.9. The van der Waals surface area contributed by atoms with Crippen LogP contribution in [0, 0.1) is 23.2 Å². The van der Waals surface area contributed by atoms with Crippen LogP contribution in [0.2, 0.25) is 0 Å². The van der Waals surface area contributed by atoms with E-state index in [2.05, 4.69) is 45.4 Å². The van der Waals surface area contributed by atoms with Crippen LogP contribution in [0.1, 0.15) is 55.6 Å². The number of aryl methyl sites for hydroxylation is 2. The van der Waals surface area contributed by atoms with Crippen molar-refractivity contribution < 1.29 is 9.53 Å². The Hall–Kier alpha value is -4.71. The lowest BCUT2D eigenvalue weighted by atomic mass is 10.0. The average molecular weight is 527 g/mol. The number of aromatic nitrogens is 2. The van der Waals surface area contributed by atoms with Crippen molar-refractivity contribution in [3.8, 4) is 6.07 Å². The number of hydrogen-bond donors (Lipinski definition) is 1. The van der Waals surface area contributed by atoms with E-state index in [0.29, 0.717) is 17.8 Å². The number of ether oxygens (including phenoxy) is 1. The van der Waals surface area contributed by atoms with Crippen molar-refractivity contribution in [2.45, 2.75) is 46.7 Å². The average Bonchev–Trinajstić information content (AvgIpc) is 3.30. The van der Waals surface area contributed by atoms with Crippen molar-refractivity contribution in [2.24, 2.45) is 12.3 Å². The zero-order valence-corrected chi connectivity index (χ0v) is 23.0. The van der Waals surface area contributed by atoms with Crippen LogP contribution < -0.4 is 10.3 Å². The van der Waals surface area contributed by atoms with Crippen LogP contribution in [0.25, 0.3) is 10.9 Å². The number of pyridine rings is 1. The Morgan fingerprint density at radius 3 is 2.56 bits per heavy atom. The van der Waals surface area contributed by atoms with E-state index in [4.69, 9.17) is 4.74 Å². The molecule has 4 rings (SSSR count). The molecule has 0 amide bonds. The fraction of sp³-hybridized carbons (Fsp3) is 0.300. The van der Waals surface area contributed by atoms with Crippen LogP contribution in [0.15, 0.2) is 72.1 Å². The highest BCUT2D eigenvalue weighted by Gasteiger charge is 2.29. The molecule has 0 fully saturated rings. The lowest BCUT2D eigenvalue weighted by Crippen LogP contribution is -2.28. The van der Waals surface area contributed by atoms with E-state index in [9.17, 15) is 15.0 Å². The van der Waals surface area contributed by atoms with Gasteiger partial charge >= 0.3 is 5.97 Å². The third-order valence-electron chi connectivity index (χ3n) is 6.21. The summed E-state index contributed by atoms with van der Waals surface area (Å²) >= 11 is 0. The summed E-state index contributed by atoms with van der Waals surface area (Å²) in [6.45, 7) is 8.45. The smallest absolute Gasteiger partial charge is 0.308 e. The first-order valence-electron chi connectivity index (χ1n) is 13.0. The van der Waals surface area contributed by atoms with Crippen molar-refractivity contribution in [1.82, 2.24) is 9.55 Å². The molecule has 2 aromatic heterocycles. The maximum absolute atomic E-state index is 12.5. The van der Waals surface area contributed by atoms with Gasteiger partial charge in [-0.15, -0.1) is 4.91 Å². The Balaban J connectivity index is 0.00000205. The maximum Gasteiger partial charge on any atom is 0.308 e. The fourth-order valence-corrected chi connectivity index (χ4v) is 4.52. The van der Waals surface area contributed by atoms with Gasteiger partial charge in [-0.25, -0.2) is 9.99 Å². The van der Waals surface area contributed by atoms with Crippen LogP contribution in [0.4, 0.5) is 11.5 Å². The molecule has 2 aromatic carbocycles. The monoisotopic (exact) mass is 526 g/mol. The summed E-state index contributed by atoms with van der Waals surface area (Å²) in [6.07, 6.45) is 1.94. The summed E-state index contributed by atoms with van der Waals surface area (Å²) in [7, 11) is 2.00. The normalized spacial score (nSPS) is 11.1. The molecule has 0 spiro atoms. The molecule has 1 atom stereocenters. The lowest BCUT2D eigenvalue weighted by molar-refractivity contribution is -0.143. The van der Waals surface area contributed by atoms with Crippen LogP contribution in [-0.4, -0.2) is 22.1 Å². The minimum atomic E-state index is -0.778. The Morgan fingerprint density at radius 1 is 1.15 bits per heavy atom. The number of carbonyl (C=O) groups is 1. The van der Waals surface area contributed by atoms with Crippen LogP contribution in [0.5, 0.6) is 0 Å². The zero-order valence-electron chi connectivity index (χ0n) is 23.0. The largest absolute Gasteiger partial charge is 0.466 e. The van der Waals surface area contributed by atoms with Crippen molar-refractivity contribution in [2.75, 3.05) is 16.9 Å². The molecule has 9 nitrogen and oxygen atoms in total. The predicted octanol–water partition coefficient (Wildman–Crippen LogP) is 6.57. The number of benzene rings is 2. The topological polar surface area (TPSA) is 113 Å². The summed E-state index contributed by atoms with van der Waals surface area (Å²) in [4.78, 5) is 29.2. The molecular formula is C30H34N6O3. The quantitative estimate of drug-likeness (QED) is 0.141. The van der Waals surface area contributed by atoms with E-state index in [1.165, 1.54) is 0 Å². The highest BCUT2D eigenvalue weighted by atomic mass is 16.5. The van der Waals surface area contributed by atoms with E-state index in [1.807, 2.05) is 63.4 Å². The molecule has 4 aromatic rings. The number of nitriles is 1. The summed E-state index contributed by atoms with van der Waals surface area (Å²) in [5.41, 5.74) is 4.66. The number of esters is 1. The zero-order chi connectivity index (χ0) is 28.4. The highest BCUT2D eigenvalue weighted by molar-refractivity contribution is 5.87. The minimum Gasteiger partial charge on any atom is -0.466 e. The minimum absolute atomic E-state index is 0.121. The predicted molar refractivity (Wildman–Crippen MR) is 154 cm³/mol. The Kier molecular flexibility index (Phi) is 10.2. The van der Waals surface area contributed by atoms with Crippen LogP contribution >= 0.6 is 0 Å². The Bertz CT molecular complexity index is 1460. The number of fused-ring (bicyclic) bond motifs is 1. The molecular weight excluding hydrogens is 492 g/mol. The summed E-state index contributed by atoms with van der Waals surface area (Å²) < 4.78 is 7.23. The van der Waals surface area contributed by atoms with E-state index in [-0.39, 0.29) is 24.5 Å². The van der Waals surface area contributed by atoms with Gasteiger partial charge in [-0.05, 0) is 48.7 Å². The van der Waals surface area contributed by atoms with E-state index < -0.39 is 12.0 Å². The fourth-order valence-electron chi connectivity index (χ4n) is 4.52. The number of nitrogens with one attached hydrogen (secondary N) is 1. The van der Waals surface area contributed by atoms with E-state index in [0.717, 1.165) is 27.0 Å². The van der Waals surface area contributed by atoms with Crippen LogP contribution in [0.3, 0.4) is 0 Å². The van der Waals surface area contributed by atoms with Gasteiger partial charge in [0.05, 0.1) is 30.0 Å². The van der Waals surface area contributed by atoms with Gasteiger partial charge in [0.15, 0.2) is 5.82 Å². The van der Waals surface area contributed by atoms with Gasteiger partial charge in [0.25, 0.3) is 0 Å². The summed E-state index contributed by atoms with van der Waals surface area (Å²) in [6, 6.07) is 19.8. The third-order valence-corrected chi connectivity index (χ3v) is 6.21. The molecule has 0 saturated heterocycles. The number of carbonyl (C=O) groups excluding carboxylic acids is 1. The molecule has 0 aliphatic rings. The molecule has 1 N–H and O–H groups in total. The van der Waals surface area contributed by atoms with Gasteiger partial charge < -0.3 is 14.6 Å². The standard InChI is InChI=1S/C28H28N6O3.C2H6/c1-4-37-26(35)15-25(20-10-6-5-7-11-20)34(32-36)28-23(14-13-22(16-29)31-28)30-17-21-18-33(3)24-12-8-9-19(2)27(21)24;1-2/h5-14,18,25,30H,4,15,17H2,1-3H3;1-2H3. The first-order valence-corrected chi connectivity index (χ1v) is 13.0. The van der Waals surface area contributed by atoms with Gasteiger partial charge in [0, 0.05) is 30.7 Å². The molecule has 202 valence electrons. The molecule has 9 heteroatoms. The van der Waals surface area contributed by atoms with Crippen molar-refractivity contribution in [1.29, 1.82) is 5.26 Å². The van der Waals surface area contributed by atoms with Crippen LogP contribution in [-0.2, 0) is 23.1 Å². The first-order chi connectivity index (χ1) is 19.0. The van der Waals surface area contributed by atoms with Gasteiger partial charge in [-0.2, -0.15) is 5.26 Å².